The number of hydrogen-bond donors (Lipinski definition) is 1. The van der Waals surface area contributed by atoms with Crippen LogP contribution >= 0.6 is 7.60 Å². The molecule has 1 N–H and O–H groups in total. The Bertz CT molecular complexity index is 106. The molecule has 1 unspecified atom stereocenters. The topological polar surface area (TPSA) is 46.5 Å². The van der Waals surface area contributed by atoms with Gasteiger partial charge >= 0.3 is 7.60 Å². The third kappa shape index (κ3) is 6.57. The summed E-state index contributed by atoms with van der Waals surface area (Å²) in [5.41, 5.74) is 0. The molecule has 0 aromatic heterocycles. The number of rotatable bonds is 3. The lowest BCUT2D eigenvalue weighted by atomic mass is 10.9. The molecular formula is C4H14AlO3P. The van der Waals surface area contributed by atoms with Crippen LogP contribution in [0, 0.1) is 0 Å². The van der Waals surface area contributed by atoms with Crippen molar-refractivity contribution in [2.45, 2.75) is 13.8 Å². The molecule has 3 nitrogen and oxygen atoms in total. The molecule has 0 bridgehead atoms. The van der Waals surface area contributed by atoms with Gasteiger partial charge in [-0.25, -0.2) is 0 Å². The standard InChI is InChI=1S/C4H11O3P.Al.3H/c1-3-7-8(5,6)4-2;;;;/h3-4H2,1-2H3,(H,5,6);;;;. The Hall–Kier alpha value is 0.682. The van der Waals surface area contributed by atoms with E-state index in [0.717, 1.165) is 0 Å². The minimum absolute atomic E-state index is 0. The van der Waals surface area contributed by atoms with E-state index < -0.39 is 7.60 Å². The molecule has 0 aromatic carbocycles. The summed E-state index contributed by atoms with van der Waals surface area (Å²) in [4.78, 5) is 8.66. The lowest BCUT2D eigenvalue weighted by Crippen LogP contribution is -1.89. The first-order valence-electron chi connectivity index (χ1n) is 2.58. The maximum absolute atomic E-state index is 10.5. The van der Waals surface area contributed by atoms with Gasteiger partial charge < -0.3 is 9.42 Å². The highest BCUT2D eigenvalue weighted by Gasteiger charge is 2.12. The van der Waals surface area contributed by atoms with Gasteiger partial charge in [-0.15, -0.1) is 0 Å². The van der Waals surface area contributed by atoms with Crippen LogP contribution in [0.15, 0.2) is 0 Å². The summed E-state index contributed by atoms with van der Waals surface area (Å²) in [5, 5.41) is 0. The van der Waals surface area contributed by atoms with Crippen molar-refractivity contribution in [1.29, 1.82) is 0 Å². The van der Waals surface area contributed by atoms with Crippen LogP contribution < -0.4 is 0 Å². The number of hydrogen-bond acceptors (Lipinski definition) is 2. The molecule has 0 amide bonds. The third-order valence-corrected chi connectivity index (χ3v) is 2.19. The van der Waals surface area contributed by atoms with Crippen molar-refractivity contribution >= 4 is 25.0 Å². The van der Waals surface area contributed by atoms with Crippen LogP contribution in [-0.2, 0) is 9.09 Å². The van der Waals surface area contributed by atoms with Crippen molar-refractivity contribution < 1.29 is 14.0 Å². The Morgan fingerprint density at radius 1 is 1.56 bits per heavy atom. The van der Waals surface area contributed by atoms with Gasteiger partial charge in [0.1, 0.15) is 0 Å². The summed E-state index contributed by atoms with van der Waals surface area (Å²) in [5.74, 6) is 0. The molecule has 0 aliphatic heterocycles. The maximum atomic E-state index is 10.5. The molecule has 0 fully saturated rings. The van der Waals surface area contributed by atoms with Crippen LogP contribution in [0.2, 0.25) is 0 Å². The molecule has 0 saturated heterocycles. The molecule has 1 atom stereocenters. The average Bonchev–Trinajstić information content (AvgIpc) is 1.67. The van der Waals surface area contributed by atoms with E-state index in [-0.39, 0.29) is 23.5 Å². The van der Waals surface area contributed by atoms with Gasteiger partial charge in [-0.2, -0.15) is 0 Å². The van der Waals surface area contributed by atoms with Crippen molar-refractivity contribution in [3.63, 3.8) is 0 Å². The van der Waals surface area contributed by atoms with Gasteiger partial charge in [0.2, 0.25) is 0 Å². The van der Waals surface area contributed by atoms with Gasteiger partial charge in [-0.05, 0) is 6.92 Å². The molecule has 0 aliphatic rings. The highest BCUT2D eigenvalue weighted by atomic mass is 31.2. The van der Waals surface area contributed by atoms with Crippen LogP contribution in [0.25, 0.3) is 0 Å². The van der Waals surface area contributed by atoms with E-state index in [2.05, 4.69) is 4.52 Å². The molecule has 0 radical (unpaired) electrons. The Morgan fingerprint density at radius 2 is 2.00 bits per heavy atom. The normalized spacial score (nSPS) is 15.9. The first kappa shape index (κ1) is 12.4. The first-order valence-corrected chi connectivity index (χ1v) is 4.35. The fraction of sp³-hybridized carbons (Fsp3) is 1.00. The van der Waals surface area contributed by atoms with Gasteiger partial charge in [-0.1, -0.05) is 6.92 Å². The van der Waals surface area contributed by atoms with E-state index in [1.807, 2.05) is 0 Å². The zero-order valence-electron chi connectivity index (χ0n) is 5.13. The van der Waals surface area contributed by atoms with E-state index >= 15 is 0 Å². The first-order chi connectivity index (χ1) is 3.62. The highest BCUT2D eigenvalue weighted by molar-refractivity contribution is 7.52. The lowest BCUT2D eigenvalue weighted by molar-refractivity contribution is 0.275. The summed E-state index contributed by atoms with van der Waals surface area (Å²) in [6.07, 6.45) is 0.195. The fourth-order valence-corrected chi connectivity index (χ4v) is 0.879. The van der Waals surface area contributed by atoms with Crippen molar-refractivity contribution in [3.05, 3.63) is 0 Å². The average molecular weight is 168 g/mol. The van der Waals surface area contributed by atoms with Gasteiger partial charge in [0, 0.05) is 6.16 Å². The molecule has 0 heterocycles. The van der Waals surface area contributed by atoms with Gasteiger partial charge in [-0.3, -0.25) is 4.57 Å². The van der Waals surface area contributed by atoms with Crippen LogP contribution in [0.5, 0.6) is 0 Å². The van der Waals surface area contributed by atoms with Gasteiger partial charge in [0.25, 0.3) is 0 Å². The third-order valence-electron chi connectivity index (χ3n) is 0.730. The van der Waals surface area contributed by atoms with Crippen LogP contribution in [0.4, 0.5) is 0 Å². The van der Waals surface area contributed by atoms with E-state index in [4.69, 9.17) is 4.89 Å². The summed E-state index contributed by atoms with van der Waals surface area (Å²) < 4.78 is 15.0. The largest absolute Gasteiger partial charge is 0.327 e. The van der Waals surface area contributed by atoms with Gasteiger partial charge in [0.05, 0.1) is 6.61 Å². The van der Waals surface area contributed by atoms with Crippen LogP contribution in [0.1, 0.15) is 13.8 Å². The monoisotopic (exact) mass is 168 g/mol. The molecule has 0 saturated carbocycles. The molecular weight excluding hydrogens is 154 g/mol. The molecule has 0 aromatic rings. The Morgan fingerprint density at radius 3 is 2.11 bits per heavy atom. The van der Waals surface area contributed by atoms with Crippen molar-refractivity contribution in [3.8, 4) is 0 Å². The quantitative estimate of drug-likeness (QED) is 0.478. The Labute approximate surface area is 66.1 Å². The minimum atomic E-state index is -3.17. The van der Waals surface area contributed by atoms with Crippen LogP contribution in [-0.4, -0.2) is 35.0 Å². The minimum Gasteiger partial charge on any atom is -0.324 e. The zero-order valence-corrected chi connectivity index (χ0v) is 6.02. The molecule has 5 heteroatoms. The SMILES string of the molecule is CCOP(=O)(O)CC.[AlH3]. The van der Waals surface area contributed by atoms with Gasteiger partial charge in [0.15, 0.2) is 17.4 Å². The summed E-state index contributed by atoms with van der Waals surface area (Å²) >= 11 is 0. The van der Waals surface area contributed by atoms with Crippen LogP contribution in [0.3, 0.4) is 0 Å². The fourth-order valence-electron chi connectivity index (χ4n) is 0.293. The zero-order chi connectivity index (χ0) is 6.62. The second kappa shape index (κ2) is 5.47. The molecule has 0 spiro atoms. The second-order valence-corrected chi connectivity index (χ2v) is 3.54. The maximum Gasteiger partial charge on any atom is 0.327 e. The molecule has 0 aliphatic carbocycles. The van der Waals surface area contributed by atoms with E-state index in [1.54, 1.807) is 13.8 Å². The van der Waals surface area contributed by atoms with Crippen molar-refractivity contribution in [2.24, 2.45) is 0 Å². The van der Waals surface area contributed by atoms with Crippen molar-refractivity contribution in [2.75, 3.05) is 12.8 Å². The summed E-state index contributed by atoms with van der Waals surface area (Å²) in [6, 6.07) is 0. The highest BCUT2D eigenvalue weighted by Crippen LogP contribution is 2.40. The second-order valence-electron chi connectivity index (χ2n) is 1.37. The summed E-state index contributed by atoms with van der Waals surface area (Å²) in [7, 11) is -3.17. The molecule has 56 valence electrons. The molecule has 9 heavy (non-hydrogen) atoms. The van der Waals surface area contributed by atoms with E-state index in [9.17, 15) is 4.57 Å². The Balaban J connectivity index is 0. The Kier molecular flexibility index (Phi) is 7.51. The van der Waals surface area contributed by atoms with E-state index in [1.165, 1.54) is 0 Å². The predicted molar refractivity (Wildman–Crippen MR) is 41.9 cm³/mol. The van der Waals surface area contributed by atoms with E-state index in [0.29, 0.717) is 6.61 Å². The van der Waals surface area contributed by atoms with Crippen molar-refractivity contribution in [1.82, 2.24) is 0 Å². The predicted octanol–water partition coefficient (Wildman–Crippen LogP) is 0.0443. The smallest absolute Gasteiger partial charge is 0.324 e. The molecule has 0 rings (SSSR count). The summed E-state index contributed by atoms with van der Waals surface area (Å²) in [6.45, 7) is 3.62. The lowest BCUT2D eigenvalue weighted by Gasteiger charge is -2.05.